The lowest BCUT2D eigenvalue weighted by molar-refractivity contribution is -0.192. The van der Waals surface area contributed by atoms with Crippen LogP contribution in [0.15, 0.2) is 52.2 Å². The van der Waals surface area contributed by atoms with E-state index < -0.39 is 32.7 Å². The predicted molar refractivity (Wildman–Crippen MR) is 136 cm³/mol. The Kier molecular flexibility index (Phi) is 9.07. The summed E-state index contributed by atoms with van der Waals surface area (Å²) in [6.45, 7) is 0.787. The number of rotatable bonds is 8. The zero-order valence-corrected chi connectivity index (χ0v) is 22.6. The number of carboxylic acid groups (broad SMARTS) is 1. The Balaban J connectivity index is 0.000000505. The molecule has 3 aromatic rings. The molecule has 0 atom stereocenters. The summed E-state index contributed by atoms with van der Waals surface area (Å²) in [6.07, 6.45) is -3.31. The standard InChI is InChI=1S/C22H23ClFN3O2S2.C2HF3O2/c1-27(2)11-15-5-3-4-6-17(15)22(7-8-22)26-20-10-19(24)21(9-18(20)23)31(28,29)13-16-12-30-14-25-16;3-2(4,5)1(6)7/h3-6,9-10,12,14,26H,7-8,11,13H2,1-2H3;(H,6,7). The van der Waals surface area contributed by atoms with Crippen molar-refractivity contribution in [1.82, 2.24) is 9.88 Å². The topological polar surface area (TPSA) is 99.6 Å². The van der Waals surface area contributed by atoms with E-state index in [4.69, 9.17) is 21.5 Å². The van der Waals surface area contributed by atoms with Crippen molar-refractivity contribution < 1.29 is 35.9 Å². The minimum absolute atomic E-state index is 0.176. The van der Waals surface area contributed by atoms with Crippen LogP contribution in [0.1, 0.15) is 29.7 Å². The number of nitrogens with one attached hydrogen (secondary N) is 1. The van der Waals surface area contributed by atoms with Gasteiger partial charge in [-0.15, -0.1) is 11.3 Å². The van der Waals surface area contributed by atoms with E-state index in [1.54, 1.807) is 10.9 Å². The summed E-state index contributed by atoms with van der Waals surface area (Å²) in [6, 6.07) is 10.6. The average Bonchev–Trinajstić information content (AvgIpc) is 3.40. The first-order chi connectivity index (χ1) is 17.6. The van der Waals surface area contributed by atoms with Crippen molar-refractivity contribution >= 4 is 44.4 Å². The molecule has 2 N–H and O–H groups in total. The smallest absolute Gasteiger partial charge is 0.475 e. The third-order valence-electron chi connectivity index (χ3n) is 5.56. The number of carbonyl (C=O) groups is 1. The number of sulfone groups is 1. The van der Waals surface area contributed by atoms with Crippen LogP contribution in [0.5, 0.6) is 0 Å². The average molecular weight is 594 g/mol. The molecule has 206 valence electrons. The number of halogens is 5. The van der Waals surface area contributed by atoms with Crippen LogP contribution in [0.25, 0.3) is 0 Å². The minimum Gasteiger partial charge on any atom is -0.475 e. The molecule has 38 heavy (non-hydrogen) atoms. The van der Waals surface area contributed by atoms with E-state index in [-0.39, 0.29) is 16.3 Å². The van der Waals surface area contributed by atoms with Gasteiger partial charge < -0.3 is 15.3 Å². The monoisotopic (exact) mass is 593 g/mol. The number of aliphatic carboxylic acids is 1. The molecule has 0 amide bonds. The fourth-order valence-corrected chi connectivity index (χ4v) is 6.05. The highest BCUT2D eigenvalue weighted by Gasteiger charge is 2.46. The Hall–Kier alpha value is -2.74. The molecule has 0 unspecified atom stereocenters. The fraction of sp³-hybridized carbons (Fsp3) is 0.333. The number of thiazole rings is 1. The highest BCUT2D eigenvalue weighted by atomic mass is 35.5. The summed E-state index contributed by atoms with van der Waals surface area (Å²) in [4.78, 5) is 14.6. The van der Waals surface area contributed by atoms with Crippen molar-refractivity contribution in [2.24, 2.45) is 0 Å². The molecule has 2 aromatic carbocycles. The number of aromatic nitrogens is 1. The summed E-state index contributed by atoms with van der Waals surface area (Å²) in [5.41, 5.74) is 4.34. The normalized spacial score (nSPS) is 14.5. The molecule has 1 saturated carbocycles. The van der Waals surface area contributed by atoms with Crippen molar-refractivity contribution in [3.63, 3.8) is 0 Å². The molecule has 1 aliphatic carbocycles. The van der Waals surface area contributed by atoms with Gasteiger partial charge in [0.05, 0.1) is 33.2 Å². The number of benzene rings is 2. The summed E-state index contributed by atoms with van der Waals surface area (Å²) in [7, 11) is 0.127. The van der Waals surface area contributed by atoms with Gasteiger partial charge in [-0.1, -0.05) is 35.9 Å². The van der Waals surface area contributed by atoms with E-state index in [0.29, 0.717) is 11.4 Å². The first-order valence-electron chi connectivity index (χ1n) is 11.0. The molecule has 0 radical (unpaired) electrons. The van der Waals surface area contributed by atoms with Crippen molar-refractivity contribution in [3.05, 3.63) is 74.9 Å². The summed E-state index contributed by atoms with van der Waals surface area (Å²) in [5, 5.41) is 12.3. The van der Waals surface area contributed by atoms with Crippen LogP contribution in [-0.4, -0.2) is 49.6 Å². The quantitative estimate of drug-likeness (QED) is 0.323. The Bertz CT molecular complexity index is 1390. The van der Waals surface area contributed by atoms with Gasteiger partial charge in [-0.2, -0.15) is 13.2 Å². The molecule has 1 aliphatic rings. The van der Waals surface area contributed by atoms with E-state index in [0.717, 1.165) is 24.9 Å². The van der Waals surface area contributed by atoms with Gasteiger partial charge in [-0.3, -0.25) is 0 Å². The molecule has 0 saturated heterocycles. The number of hydrogen-bond acceptors (Lipinski definition) is 7. The van der Waals surface area contributed by atoms with Crippen LogP contribution in [0.4, 0.5) is 23.2 Å². The van der Waals surface area contributed by atoms with Gasteiger partial charge in [-0.05, 0) is 50.2 Å². The van der Waals surface area contributed by atoms with Crippen LogP contribution in [-0.2, 0) is 32.5 Å². The lowest BCUT2D eigenvalue weighted by atomic mass is 9.97. The number of nitrogens with zero attached hydrogens (tertiary/aromatic N) is 2. The highest BCUT2D eigenvalue weighted by Crippen LogP contribution is 2.50. The molecule has 0 aliphatic heterocycles. The van der Waals surface area contributed by atoms with E-state index in [2.05, 4.69) is 27.3 Å². The maximum absolute atomic E-state index is 14.9. The van der Waals surface area contributed by atoms with Gasteiger partial charge in [-0.25, -0.2) is 22.6 Å². The van der Waals surface area contributed by atoms with E-state index in [9.17, 15) is 26.0 Å². The Morgan fingerprint density at radius 1 is 1.24 bits per heavy atom. The largest absolute Gasteiger partial charge is 0.490 e. The van der Waals surface area contributed by atoms with Crippen molar-refractivity contribution in [3.8, 4) is 0 Å². The first-order valence-corrected chi connectivity index (χ1v) is 14.0. The van der Waals surface area contributed by atoms with Gasteiger partial charge in [0.15, 0.2) is 9.84 Å². The molecule has 7 nitrogen and oxygen atoms in total. The van der Waals surface area contributed by atoms with Gasteiger partial charge in [0.1, 0.15) is 10.7 Å². The zero-order chi connectivity index (χ0) is 28.3. The van der Waals surface area contributed by atoms with Crippen LogP contribution >= 0.6 is 22.9 Å². The third-order valence-corrected chi connectivity index (χ3v) is 8.17. The summed E-state index contributed by atoms with van der Waals surface area (Å²) in [5.74, 6) is -3.94. The third kappa shape index (κ3) is 7.43. The predicted octanol–water partition coefficient (Wildman–Crippen LogP) is 5.71. The van der Waals surface area contributed by atoms with E-state index in [1.807, 2.05) is 26.2 Å². The Labute approximate surface area is 226 Å². The van der Waals surface area contributed by atoms with Gasteiger partial charge in [0.2, 0.25) is 0 Å². The van der Waals surface area contributed by atoms with Gasteiger partial charge >= 0.3 is 12.1 Å². The number of hydrogen-bond donors (Lipinski definition) is 2. The summed E-state index contributed by atoms with van der Waals surface area (Å²) < 4.78 is 72.0. The lowest BCUT2D eigenvalue weighted by Crippen LogP contribution is -2.23. The molecule has 0 bridgehead atoms. The van der Waals surface area contributed by atoms with Crippen LogP contribution in [0, 0.1) is 5.82 Å². The van der Waals surface area contributed by atoms with Crippen LogP contribution < -0.4 is 5.32 Å². The van der Waals surface area contributed by atoms with Crippen molar-refractivity contribution in [2.45, 2.75) is 41.7 Å². The van der Waals surface area contributed by atoms with Gasteiger partial charge in [0, 0.05) is 11.9 Å². The molecule has 14 heteroatoms. The molecule has 4 rings (SSSR count). The fourth-order valence-electron chi connectivity index (χ4n) is 3.75. The van der Waals surface area contributed by atoms with Crippen molar-refractivity contribution in [1.29, 1.82) is 0 Å². The highest BCUT2D eigenvalue weighted by molar-refractivity contribution is 7.90. The Morgan fingerprint density at radius 2 is 1.87 bits per heavy atom. The molecule has 1 fully saturated rings. The molecule has 1 aromatic heterocycles. The van der Waals surface area contributed by atoms with Gasteiger partial charge in [0.25, 0.3) is 0 Å². The molecule has 1 heterocycles. The second-order valence-corrected chi connectivity index (χ2v) is 12.0. The number of alkyl halides is 3. The van der Waals surface area contributed by atoms with Crippen LogP contribution in [0.2, 0.25) is 5.02 Å². The molecular weight excluding hydrogens is 570 g/mol. The van der Waals surface area contributed by atoms with Crippen LogP contribution in [0.3, 0.4) is 0 Å². The maximum atomic E-state index is 14.9. The maximum Gasteiger partial charge on any atom is 0.490 e. The number of carboxylic acids is 1. The summed E-state index contributed by atoms with van der Waals surface area (Å²) >= 11 is 7.71. The van der Waals surface area contributed by atoms with E-state index >= 15 is 0 Å². The lowest BCUT2D eigenvalue weighted by Gasteiger charge is -2.24. The second kappa shape index (κ2) is 11.6. The second-order valence-electron chi connectivity index (χ2n) is 8.91. The SMILES string of the molecule is CN(C)Cc1ccccc1C1(Nc2cc(F)c(S(=O)(=O)Cc3cscn3)cc2Cl)CC1.O=C(O)C(F)(F)F. The van der Waals surface area contributed by atoms with E-state index in [1.165, 1.54) is 29.0 Å². The van der Waals surface area contributed by atoms with Crippen molar-refractivity contribution in [2.75, 3.05) is 19.4 Å². The first kappa shape index (κ1) is 29.8. The zero-order valence-electron chi connectivity index (χ0n) is 20.2. The Morgan fingerprint density at radius 3 is 2.39 bits per heavy atom. The molecule has 0 spiro atoms. The number of anilines is 1. The minimum atomic E-state index is -5.08. The molecular formula is C24H24ClF4N3O4S2.